The lowest BCUT2D eigenvalue weighted by atomic mass is 10.1. The van der Waals surface area contributed by atoms with Gasteiger partial charge in [-0.3, -0.25) is 4.98 Å². The van der Waals surface area contributed by atoms with Crippen LogP contribution in [0.3, 0.4) is 0 Å². The summed E-state index contributed by atoms with van der Waals surface area (Å²) in [6, 6.07) is 3.90. The maximum Gasteiger partial charge on any atom is 0.0931 e. The maximum absolute atomic E-state index is 9.42. The van der Waals surface area contributed by atoms with E-state index in [-0.39, 0.29) is 0 Å². The second kappa shape index (κ2) is 5.98. The molecule has 1 aromatic rings. The Hall–Kier alpha value is -1.39. The number of aliphatic hydroxyl groups excluding tert-OH is 1. The van der Waals surface area contributed by atoms with Crippen LogP contribution in [0.5, 0.6) is 0 Å². The van der Waals surface area contributed by atoms with Gasteiger partial charge in [-0.1, -0.05) is 6.08 Å². The van der Waals surface area contributed by atoms with Crippen molar-refractivity contribution in [2.75, 3.05) is 31.7 Å². The highest BCUT2D eigenvalue weighted by atomic mass is 16.5. The van der Waals surface area contributed by atoms with Crippen molar-refractivity contribution in [2.24, 2.45) is 0 Å². The first-order valence-corrected chi connectivity index (χ1v) is 6.26. The van der Waals surface area contributed by atoms with E-state index in [9.17, 15) is 5.11 Å². The highest BCUT2D eigenvalue weighted by molar-refractivity contribution is 5.46. The van der Waals surface area contributed by atoms with Gasteiger partial charge in [0.1, 0.15) is 0 Å². The zero-order valence-corrected chi connectivity index (χ0v) is 11.0. The molecule has 1 N–H and O–H groups in total. The van der Waals surface area contributed by atoms with Gasteiger partial charge in [-0.2, -0.15) is 0 Å². The summed E-state index contributed by atoms with van der Waals surface area (Å²) in [6.07, 6.45) is 4.58. The van der Waals surface area contributed by atoms with Crippen molar-refractivity contribution in [3.05, 3.63) is 35.7 Å². The summed E-state index contributed by atoms with van der Waals surface area (Å²) in [7, 11) is 1.73. The molecule has 0 saturated carbocycles. The average Bonchev–Trinajstić information content (AvgIpc) is 2.40. The third-order valence-corrected chi connectivity index (χ3v) is 3.20. The number of ether oxygens (including phenoxy) is 1. The van der Waals surface area contributed by atoms with Gasteiger partial charge in [0.05, 0.1) is 30.3 Å². The molecule has 0 saturated heterocycles. The number of rotatable bonds is 4. The minimum atomic E-state index is -0.506. The second-order valence-corrected chi connectivity index (χ2v) is 4.61. The van der Waals surface area contributed by atoms with Crippen LogP contribution < -0.4 is 4.90 Å². The number of hydrogen-bond donors (Lipinski definition) is 1. The van der Waals surface area contributed by atoms with Crippen molar-refractivity contribution < 1.29 is 9.84 Å². The van der Waals surface area contributed by atoms with E-state index in [0.29, 0.717) is 5.69 Å². The quantitative estimate of drug-likeness (QED) is 0.827. The summed E-state index contributed by atoms with van der Waals surface area (Å²) in [5.41, 5.74) is 3.18. The van der Waals surface area contributed by atoms with Crippen molar-refractivity contribution in [3.8, 4) is 0 Å². The molecule has 1 atom stereocenters. The molecule has 0 unspecified atom stereocenters. The Bertz CT molecular complexity index is 412. The highest BCUT2D eigenvalue weighted by Gasteiger charge is 2.12. The van der Waals surface area contributed by atoms with Crippen LogP contribution in [0.2, 0.25) is 0 Å². The average molecular weight is 248 g/mol. The number of pyridine rings is 1. The molecule has 0 bridgehead atoms. The number of aliphatic hydroxyl groups is 1. The van der Waals surface area contributed by atoms with E-state index < -0.39 is 6.10 Å². The summed E-state index contributed by atoms with van der Waals surface area (Å²) >= 11 is 0. The maximum atomic E-state index is 9.42. The van der Waals surface area contributed by atoms with Gasteiger partial charge in [-0.15, -0.1) is 0 Å². The molecule has 2 heterocycles. The van der Waals surface area contributed by atoms with Crippen LogP contribution in [0.1, 0.15) is 25.1 Å². The SMILES string of the molecule is COCC1=CCN(c2ccc([C@@H](C)O)nc2)CC1. The van der Waals surface area contributed by atoms with Crippen molar-refractivity contribution in [2.45, 2.75) is 19.4 Å². The van der Waals surface area contributed by atoms with Gasteiger partial charge in [-0.25, -0.2) is 0 Å². The number of methoxy groups -OCH3 is 1. The van der Waals surface area contributed by atoms with Gasteiger partial charge in [0.15, 0.2) is 0 Å². The molecule has 1 aliphatic rings. The second-order valence-electron chi connectivity index (χ2n) is 4.61. The minimum absolute atomic E-state index is 0.506. The molecular formula is C14H20N2O2. The van der Waals surface area contributed by atoms with Gasteiger partial charge in [0.2, 0.25) is 0 Å². The van der Waals surface area contributed by atoms with Gasteiger partial charge >= 0.3 is 0 Å². The fourth-order valence-corrected chi connectivity index (χ4v) is 2.09. The molecule has 0 amide bonds. The van der Waals surface area contributed by atoms with Crippen molar-refractivity contribution >= 4 is 5.69 Å². The molecule has 1 aromatic heterocycles. The smallest absolute Gasteiger partial charge is 0.0931 e. The normalized spacial score (nSPS) is 17.5. The molecule has 0 radical (unpaired) electrons. The van der Waals surface area contributed by atoms with Crippen molar-refractivity contribution in [3.63, 3.8) is 0 Å². The van der Waals surface area contributed by atoms with Crippen molar-refractivity contribution in [1.82, 2.24) is 4.98 Å². The Kier molecular flexibility index (Phi) is 4.33. The van der Waals surface area contributed by atoms with Gasteiger partial charge in [0.25, 0.3) is 0 Å². The van der Waals surface area contributed by atoms with E-state index in [2.05, 4.69) is 16.0 Å². The lowest BCUT2D eigenvalue weighted by molar-refractivity contribution is 0.194. The molecule has 0 aromatic carbocycles. The Morgan fingerprint density at radius 1 is 1.50 bits per heavy atom. The predicted octanol–water partition coefficient (Wildman–Crippen LogP) is 1.92. The molecule has 1 aliphatic heterocycles. The highest BCUT2D eigenvalue weighted by Crippen LogP contribution is 2.20. The molecular weight excluding hydrogens is 228 g/mol. The summed E-state index contributed by atoms with van der Waals surface area (Å²) in [5.74, 6) is 0. The molecule has 2 rings (SSSR count). The largest absolute Gasteiger partial charge is 0.387 e. The standard InChI is InChI=1S/C14H20N2O2/c1-11(17)14-4-3-13(9-15-14)16-7-5-12(6-8-16)10-18-2/h3-5,9,11,17H,6-8,10H2,1-2H3/t11-/m1/s1. The van der Waals surface area contributed by atoms with Crippen LogP contribution in [-0.2, 0) is 4.74 Å². The van der Waals surface area contributed by atoms with Crippen molar-refractivity contribution in [1.29, 1.82) is 0 Å². The summed E-state index contributed by atoms with van der Waals surface area (Å²) in [4.78, 5) is 6.55. The number of aromatic nitrogens is 1. The lowest BCUT2D eigenvalue weighted by Gasteiger charge is -2.28. The van der Waals surface area contributed by atoms with Gasteiger partial charge in [0, 0.05) is 20.2 Å². The number of hydrogen-bond acceptors (Lipinski definition) is 4. The zero-order valence-electron chi connectivity index (χ0n) is 11.0. The van der Waals surface area contributed by atoms with Crippen LogP contribution in [-0.4, -0.2) is 36.9 Å². The fourth-order valence-electron chi connectivity index (χ4n) is 2.09. The number of anilines is 1. The van der Waals surface area contributed by atoms with E-state index in [0.717, 1.165) is 31.8 Å². The molecule has 98 valence electrons. The van der Waals surface area contributed by atoms with Gasteiger partial charge in [-0.05, 0) is 31.1 Å². The number of nitrogens with zero attached hydrogens (tertiary/aromatic N) is 2. The Labute approximate surface area is 108 Å². The van der Waals surface area contributed by atoms with E-state index in [1.807, 2.05) is 18.3 Å². The van der Waals surface area contributed by atoms with Crippen LogP contribution in [0, 0.1) is 0 Å². The minimum Gasteiger partial charge on any atom is -0.387 e. The third kappa shape index (κ3) is 3.09. The topological polar surface area (TPSA) is 45.6 Å². The van der Waals surface area contributed by atoms with Crippen LogP contribution in [0.4, 0.5) is 5.69 Å². The Morgan fingerprint density at radius 2 is 2.33 bits per heavy atom. The molecule has 0 fully saturated rings. The molecule has 4 heteroatoms. The molecule has 0 aliphatic carbocycles. The molecule has 4 nitrogen and oxygen atoms in total. The summed E-state index contributed by atoms with van der Waals surface area (Å²) in [5, 5.41) is 9.42. The van der Waals surface area contributed by atoms with E-state index in [4.69, 9.17) is 4.74 Å². The van der Waals surface area contributed by atoms with Crippen LogP contribution >= 0.6 is 0 Å². The molecule has 18 heavy (non-hydrogen) atoms. The summed E-state index contributed by atoms with van der Waals surface area (Å²) < 4.78 is 5.14. The van der Waals surface area contributed by atoms with Crippen LogP contribution in [0.15, 0.2) is 30.0 Å². The van der Waals surface area contributed by atoms with E-state index in [1.165, 1.54) is 5.57 Å². The summed E-state index contributed by atoms with van der Waals surface area (Å²) in [6.45, 7) is 4.34. The third-order valence-electron chi connectivity index (χ3n) is 3.20. The first-order valence-electron chi connectivity index (χ1n) is 6.26. The van der Waals surface area contributed by atoms with Gasteiger partial charge < -0.3 is 14.7 Å². The Morgan fingerprint density at radius 3 is 2.83 bits per heavy atom. The van der Waals surface area contributed by atoms with Crippen LogP contribution in [0.25, 0.3) is 0 Å². The lowest BCUT2D eigenvalue weighted by Crippen LogP contribution is -2.29. The van der Waals surface area contributed by atoms with E-state index >= 15 is 0 Å². The Balaban J connectivity index is 2.01. The molecule has 0 spiro atoms. The monoisotopic (exact) mass is 248 g/mol. The first-order chi connectivity index (χ1) is 8.70. The van der Waals surface area contributed by atoms with E-state index in [1.54, 1.807) is 14.0 Å². The predicted molar refractivity (Wildman–Crippen MR) is 71.7 cm³/mol. The zero-order chi connectivity index (χ0) is 13.0. The first kappa shape index (κ1) is 13.1. The fraction of sp³-hybridized carbons (Fsp3) is 0.500.